The molecule has 0 spiro atoms. The molecule has 5 amide bonds. The number of aliphatic hydroxyl groups is 1. The highest BCUT2D eigenvalue weighted by Gasteiger charge is 2.46. The van der Waals surface area contributed by atoms with Crippen molar-refractivity contribution in [1.29, 1.82) is 0 Å². The summed E-state index contributed by atoms with van der Waals surface area (Å²) in [5, 5.41) is 17.7. The lowest BCUT2D eigenvalue weighted by Crippen LogP contribution is -2.47. The number of hydrogen-bond donors (Lipinski definition) is 5. The highest BCUT2D eigenvalue weighted by Crippen LogP contribution is 2.48. The molecular weight excluding hydrogens is 1300 g/mol. The summed E-state index contributed by atoms with van der Waals surface area (Å²) in [6, 6.07) is 46.1. The zero-order valence-electron chi connectivity index (χ0n) is 53.8. The number of amides is 5. The van der Waals surface area contributed by atoms with E-state index in [1.165, 1.54) is 28.0 Å². The fourth-order valence-electron chi connectivity index (χ4n) is 11.4. The monoisotopic (exact) mass is 1370 g/mol. The van der Waals surface area contributed by atoms with Crippen molar-refractivity contribution >= 4 is 95.4 Å². The number of nitrogens with zero attached hydrogens (tertiary/aromatic N) is 2. The number of rotatable bonds is 13. The Labute approximate surface area is 563 Å². The van der Waals surface area contributed by atoms with Crippen LogP contribution in [0.25, 0.3) is 0 Å². The Morgan fingerprint density at radius 3 is 1.35 bits per heavy atom. The number of nitrogen functional groups attached to an aromatic ring is 1. The van der Waals surface area contributed by atoms with Crippen LogP contribution in [0.4, 0.5) is 65.3 Å². The lowest BCUT2D eigenvalue weighted by atomic mass is 9.80. The number of nitrogens with two attached hydrogens (primary N) is 1. The molecular formula is C73H72Cl2F6N6O8Si. The summed E-state index contributed by atoms with van der Waals surface area (Å²) in [5.74, 6) is -3.95. The van der Waals surface area contributed by atoms with Gasteiger partial charge in [0, 0.05) is 34.1 Å². The van der Waals surface area contributed by atoms with Crippen LogP contribution in [0.15, 0.2) is 182 Å². The van der Waals surface area contributed by atoms with Crippen molar-refractivity contribution in [2.75, 3.05) is 31.5 Å². The zero-order valence-corrected chi connectivity index (χ0v) is 56.3. The van der Waals surface area contributed by atoms with Crippen LogP contribution in [-0.2, 0) is 57.2 Å². The molecule has 10 rings (SSSR count). The summed E-state index contributed by atoms with van der Waals surface area (Å²) in [5.41, 5.74) is 7.83. The number of alkyl halides is 6. The van der Waals surface area contributed by atoms with Gasteiger partial charge in [0.05, 0.1) is 69.4 Å². The van der Waals surface area contributed by atoms with Crippen molar-refractivity contribution in [2.45, 2.75) is 116 Å². The van der Waals surface area contributed by atoms with Gasteiger partial charge in [0.25, 0.3) is 11.8 Å². The summed E-state index contributed by atoms with van der Waals surface area (Å²) < 4.78 is 95.9. The van der Waals surface area contributed by atoms with Crippen LogP contribution in [-0.4, -0.2) is 48.7 Å². The fraction of sp³-hybridized carbons (Fsp3) is 0.274. The zero-order chi connectivity index (χ0) is 69.8. The predicted octanol–water partition coefficient (Wildman–Crippen LogP) is 18.1. The molecule has 96 heavy (non-hydrogen) atoms. The van der Waals surface area contributed by atoms with Crippen LogP contribution in [0.5, 0.6) is 0 Å². The molecule has 14 nitrogen and oxygen atoms in total. The molecule has 0 aliphatic carbocycles. The number of ether oxygens (including phenoxy) is 1. The maximum absolute atomic E-state index is 14.5. The molecule has 23 heteroatoms. The largest absolute Gasteiger partial charge is 0.444 e. The first kappa shape index (κ1) is 71.3. The van der Waals surface area contributed by atoms with Gasteiger partial charge >= 0.3 is 18.4 Å². The number of nitrogens with one attached hydrogen (secondary N) is 3. The first-order valence-electron chi connectivity index (χ1n) is 30.7. The maximum atomic E-state index is 14.5. The average Bonchev–Trinajstić information content (AvgIpc) is 0.755. The van der Waals surface area contributed by atoms with E-state index in [2.05, 4.69) is 16.0 Å². The van der Waals surface area contributed by atoms with Crippen molar-refractivity contribution in [3.63, 3.8) is 0 Å². The van der Waals surface area contributed by atoms with Crippen LogP contribution >= 0.6 is 23.2 Å². The van der Waals surface area contributed by atoms with Gasteiger partial charge in [-0.1, -0.05) is 141 Å². The van der Waals surface area contributed by atoms with Crippen LogP contribution < -0.4 is 31.5 Å². The molecule has 2 aliphatic heterocycles. The fourth-order valence-corrected chi connectivity index (χ4v) is 12.7. The van der Waals surface area contributed by atoms with Gasteiger partial charge in [-0.25, -0.2) is 4.79 Å². The number of aliphatic hydroxyl groups excluding tert-OH is 1. The first-order valence-corrected chi connectivity index (χ1v) is 34.3. The number of fused-ring (bicyclic) bond motifs is 2. The lowest BCUT2D eigenvalue weighted by molar-refractivity contribution is -0.139. The summed E-state index contributed by atoms with van der Waals surface area (Å²) in [6.45, 7) is 14.2. The second-order valence-electron chi connectivity index (χ2n) is 25.9. The van der Waals surface area contributed by atoms with Crippen LogP contribution in [0.2, 0.25) is 28.2 Å². The molecule has 0 bridgehead atoms. The Balaban J connectivity index is 0.000000235. The lowest BCUT2D eigenvalue weighted by Gasteiger charge is -2.42. The van der Waals surface area contributed by atoms with E-state index in [9.17, 15) is 55.4 Å². The Morgan fingerprint density at radius 1 is 0.542 bits per heavy atom. The molecule has 2 heterocycles. The third-order valence-corrected chi connectivity index (χ3v) is 22.3. The van der Waals surface area contributed by atoms with Gasteiger partial charge in [0.1, 0.15) is 5.60 Å². The van der Waals surface area contributed by atoms with Gasteiger partial charge in [-0.2, -0.15) is 26.3 Å². The smallest absolute Gasteiger partial charge is 0.416 e. The number of anilines is 6. The third-order valence-electron chi connectivity index (χ3n) is 17.1. The summed E-state index contributed by atoms with van der Waals surface area (Å²) in [4.78, 5) is 72.5. The SMILES string of the molecule is CC(C)(C)OC(=O)Nc1ccc([C@H]2[C@@H](C(=O)Nc3ccc(CO[Si](C)(C)C(C)(C)C)c(C(F)(F)F)c3)Cc3ccccc3N2C(=O)c2ccccc2Cl)cc1.Nc1ccc([C@H]2[C@@H](C(=O)Nc3ccc(CO)c(C(F)(F)F)c3)Cc3ccccc3N2C(=O)c2ccccc2Cl)cc1. The number of benzene rings is 8. The summed E-state index contributed by atoms with van der Waals surface area (Å²) in [7, 11) is -2.37. The van der Waals surface area contributed by atoms with E-state index in [0.29, 0.717) is 45.0 Å². The summed E-state index contributed by atoms with van der Waals surface area (Å²) >= 11 is 12.9. The minimum absolute atomic E-state index is 0.0311. The Morgan fingerprint density at radius 2 is 0.938 bits per heavy atom. The van der Waals surface area contributed by atoms with Gasteiger partial charge in [-0.3, -0.25) is 34.3 Å². The third kappa shape index (κ3) is 16.4. The van der Waals surface area contributed by atoms with Gasteiger partial charge in [-0.05, 0) is 170 Å². The van der Waals surface area contributed by atoms with Crippen molar-refractivity contribution in [1.82, 2.24) is 0 Å². The Hall–Kier alpha value is -8.99. The summed E-state index contributed by atoms with van der Waals surface area (Å²) in [6.07, 6.45) is -9.72. The number of hydrogen-bond acceptors (Lipinski definition) is 9. The normalized spacial score (nSPS) is 16.4. The molecule has 2 aliphatic rings. The molecule has 0 saturated heterocycles. The number of carbonyl (C=O) groups is 5. The molecule has 0 saturated carbocycles. The second-order valence-corrected chi connectivity index (χ2v) is 31.5. The minimum Gasteiger partial charge on any atom is -0.444 e. The second kappa shape index (κ2) is 28.8. The van der Waals surface area contributed by atoms with Crippen molar-refractivity contribution in [3.05, 3.63) is 248 Å². The minimum atomic E-state index is -4.73. The molecule has 0 aromatic heterocycles. The van der Waals surface area contributed by atoms with E-state index in [1.807, 2.05) is 39.9 Å². The maximum Gasteiger partial charge on any atom is 0.416 e. The quantitative estimate of drug-likeness (QED) is 0.0424. The van der Waals surface area contributed by atoms with Crippen molar-refractivity contribution < 1.29 is 64.6 Å². The van der Waals surface area contributed by atoms with E-state index in [4.69, 9.17) is 38.1 Å². The van der Waals surface area contributed by atoms with E-state index in [1.54, 1.807) is 160 Å². The highest BCUT2D eigenvalue weighted by atomic mass is 35.5. The molecule has 8 aromatic rings. The van der Waals surface area contributed by atoms with E-state index in [-0.39, 0.29) is 68.2 Å². The van der Waals surface area contributed by atoms with Crippen LogP contribution in [0, 0.1) is 11.8 Å². The van der Waals surface area contributed by atoms with Gasteiger partial charge < -0.3 is 30.6 Å². The Bertz CT molecular complexity index is 4200. The van der Waals surface area contributed by atoms with Gasteiger partial charge in [0.2, 0.25) is 11.8 Å². The number of carbonyl (C=O) groups excluding carboxylic acids is 5. The molecule has 6 N–H and O–H groups in total. The standard InChI is InChI=1S/C42H47ClF3N3O5Si.C31H25ClF3N3O3/c1-40(2,3)54-39(52)48-29-20-17-26(18-21-29)36-32(23-27-13-9-12-16-35(27)49(36)38(51)31-14-10-11-15-34(31)43)37(50)47-30-22-19-28(33(24-30)42(44,45)46)25-53-55(7,8)41(4,5)6;32-26-7-3-2-6-23(26)30(41)38-27-8-4-1-5-19(27)15-24(28(38)18-9-12-21(36)13-10-18)29(40)37-22-14-11-20(17-39)25(16-22)31(33,34)35/h9-22,24,32,36H,23,25H2,1-8H3,(H,47,50)(H,48,52);1-14,16,24,28,39H,15,17,36H2,(H,37,40)/t32-,36-;24-,28-/m00/s1. The molecule has 502 valence electrons. The Kier molecular flexibility index (Phi) is 21.4. The van der Waals surface area contributed by atoms with Crippen molar-refractivity contribution in [3.8, 4) is 0 Å². The van der Waals surface area contributed by atoms with Gasteiger partial charge in [-0.15, -0.1) is 0 Å². The van der Waals surface area contributed by atoms with Crippen molar-refractivity contribution in [2.24, 2.45) is 11.8 Å². The average molecular weight is 1370 g/mol. The van der Waals surface area contributed by atoms with Crippen LogP contribution in [0.3, 0.4) is 0 Å². The molecule has 0 unspecified atom stereocenters. The molecule has 8 aromatic carbocycles. The molecule has 0 radical (unpaired) electrons. The molecule has 0 fully saturated rings. The van der Waals surface area contributed by atoms with E-state index < -0.39 is 97.6 Å². The number of para-hydroxylation sites is 2. The highest BCUT2D eigenvalue weighted by molar-refractivity contribution is 6.74. The number of halogens is 8. The van der Waals surface area contributed by atoms with E-state index >= 15 is 0 Å². The topological polar surface area (TPSA) is 193 Å². The predicted molar refractivity (Wildman–Crippen MR) is 364 cm³/mol. The van der Waals surface area contributed by atoms with Crippen LogP contribution in [0.1, 0.15) is 119 Å². The van der Waals surface area contributed by atoms with Gasteiger partial charge in [0.15, 0.2) is 8.32 Å². The molecule has 4 atom stereocenters. The first-order chi connectivity index (χ1) is 45.1. The van der Waals surface area contributed by atoms with E-state index in [0.717, 1.165) is 18.2 Å².